The van der Waals surface area contributed by atoms with Gasteiger partial charge >= 0.3 is 0 Å². The molecule has 0 spiro atoms. The van der Waals surface area contributed by atoms with E-state index in [1.807, 2.05) is 13.8 Å². The van der Waals surface area contributed by atoms with Crippen molar-refractivity contribution in [1.29, 1.82) is 0 Å². The zero-order chi connectivity index (χ0) is 16.6. The highest BCUT2D eigenvalue weighted by Crippen LogP contribution is 2.61. The summed E-state index contributed by atoms with van der Waals surface area (Å²) in [6.45, 7) is 6.17. The first-order valence-electron chi connectivity index (χ1n) is 9.49. The SMILES string of the molecule is CCC(C)C(=O)NCC(=O)NC(C)C12CC3CC(CC(C3)C1)C2. The van der Waals surface area contributed by atoms with Gasteiger partial charge in [0.25, 0.3) is 0 Å². The highest BCUT2D eigenvalue weighted by atomic mass is 16.2. The van der Waals surface area contributed by atoms with E-state index in [0.717, 1.165) is 24.2 Å². The van der Waals surface area contributed by atoms with Crippen molar-refractivity contribution in [3.63, 3.8) is 0 Å². The Bertz CT molecular complexity index is 439. The fraction of sp³-hybridized carbons (Fsp3) is 0.895. The molecule has 4 aliphatic carbocycles. The molecule has 0 aliphatic heterocycles. The van der Waals surface area contributed by atoms with Crippen molar-refractivity contribution in [2.24, 2.45) is 29.1 Å². The van der Waals surface area contributed by atoms with Crippen LogP contribution in [0.5, 0.6) is 0 Å². The Kier molecular flexibility index (Phi) is 4.70. The Morgan fingerprint density at radius 3 is 2.04 bits per heavy atom. The third-order valence-electron chi connectivity index (χ3n) is 6.86. The molecule has 23 heavy (non-hydrogen) atoms. The predicted molar refractivity (Wildman–Crippen MR) is 90.7 cm³/mol. The number of hydrogen-bond acceptors (Lipinski definition) is 2. The summed E-state index contributed by atoms with van der Waals surface area (Å²) in [6, 6.07) is 0.226. The first-order chi connectivity index (χ1) is 10.9. The molecular formula is C19H32N2O2. The molecule has 2 amide bonds. The van der Waals surface area contributed by atoms with Crippen molar-refractivity contribution in [2.75, 3.05) is 6.54 Å². The van der Waals surface area contributed by atoms with Gasteiger partial charge in [-0.2, -0.15) is 0 Å². The highest BCUT2D eigenvalue weighted by Gasteiger charge is 2.53. The number of carbonyl (C=O) groups excluding carboxylic acids is 2. The Morgan fingerprint density at radius 2 is 1.57 bits per heavy atom. The van der Waals surface area contributed by atoms with Crippen LogP contribution in [0.3, 0.4) is 0 Å². The van der Waals surface area contributed by atoms with Crippen LogP contribution in [0.4, 0.5) is 0 Å². The van der Waals surface area contributed by atoms with Crippen LogP contribution in [0.2, 0.25) is 0 Å². The molecule has 4 rings (SSSR count). The van der Waals surface area contributed by atoms with Crippen molar-refractivity contribution >= 4 is 11.8 Å². The molecule has 0 heterocycles. The van der Waals surface area contributed by atoms with Gasteiger partial charge in [0.05, 0.1) is 6.54 Å². The fourth-order valence-electron chi connectivity index (χ4n) is 5.68. The first kappa shape index (κ1) is 16.8. The van der Waals surface area contributed by atoms with Crippen LogP contribution in [-0.2, 0) is 9.59 Å². The average molecular weight is 320 g/mol. The van der Waals surface area contributed by atoms with Gasteiger partial charge in [-0.15, -0.1) is 0 Å². The summed E-state index contributed by atoms with van der Waals surface area (Å²) in [7, 11) is 0. The lowest BCUT2D eigenvalue weighted by Crippen LogP contribution is -2.56. The number of amides is 2. The molecule has 4 bridgehead atoms. The molecule has 4 saturated carbocycles. The van der Waals surface area contributed by atoms with Crippen LogP contribution in [-0.4, -0.2) is 24.4 Å². The quantitative estimate of drug-likeness (QED) is 0.790. The third-order valence-corrected chi connectivity index (χ3v) is 6.86. The van der Waals surface area contributed by atoms with Gasteiger partial charge in [-0.05, 0) is 75.0 Å². The Morgan fingerprint density at radius 1 is 1.04 bits per heavy atom. The van der Waals surface area contributed by atoms with E-state index in [1.54, 1.807) is 0 Å². The molecule has 0 aromatic carbocycles. The summed E-state index contributed by atoms with van der Waals surface area (Å²) in [5.74, 6) is 2.60. The minimum Gasteiger partial charge on any atom is -0.352 e. The van der Waals surface area contributed by atoms with Crippen LogP contribution >= 0.6 is 0 Å². The number of nitrogens with one attached hydrogen (secondary N) is 2. The van der Waals surface area contributed by atoms with Gasteiger partial charge in [0, 0.05) is 12.0 Å². The monoisotopic (exact) mass is 320 g/mol. The second-order valence-electron chi connectivity index (χ2n) is 8.60. The summed E-state index contributed by atoms with van der Waals surface area (Å²) < 4.78 is 0. The van der Waals surface area contributed by atoms with Gasteiger partial charge < -0.3 is 10.6 Å². The van der Waals surface area contributed by atoms with E-state index in [1.165, 1.54) is 38.5 Å². The fourth-order valence-corrected chi connectivity index (χ4v) is 5.68. The number of hydrogen-bond donors (Lipinski definition) is 2. The van der Waals surface area contributed by atoms with Gasteiger partial charge in [0.2, 0.25) is 11.8 Å². The molecule has 4 fully saturated rings. The standard InChI is InChI=1S/C19H32N2O2/c1-4-12(2)18(23)20-11-17(22)21-13(3)19-8-14-5-15(9-19)7-16(6-14)10-19/h12-16H,4-11H2,1-3H3,(H,20,23)(H,21,22). The lowest BCUT2D eigenvalue weighted by molar-refractivity contribution is -0.130. The average Bonchev–Trinajstić information content (AvgIpc) is 2.50. The van der Waals surface area contributed by atoms with E-state index in [0.29, 0.717) is 5.41 Å². The molecule has 4 aliphatic rings. The van der Waals surface area contributed by atoms with Crippen molar-refractivity contribution in [2.45, 2.75) is 71.8 Å². The van der Waals surface area contributed by atoms with Gasteiger partial charge in [-0.3, -0.25) is 9.59 Å². The lowest BCUT2D eigenvalue weighted by atomic mass is 9.48. The van der Waals surface area contributed by atoms with Crippen molar-refractivity contribution in [3.8, 4) is 0 Å². The van der Waals surface area contributed by atoms with Crippen LogP contribution in [0.15, 0.2) is 0 Å². The molecule has 0 aromatic rings. The van der Waals surface area contributed by atoms with E-state index >= 15 is 0 Å². The van der Waals surface area contributed by atoms with Crippen LogP contribution < -0.4 is 10.6 Å². The van der Waals surface area contributed by atoms with E-state index in [-0.39, 0.29) is 30.3 Å². The number of rotatable bonds is 6. The van der Waals surface area contributed by atoms with E-state index in [2.05, 4.69) is 17.6 Å². The molecule has 0 aromatic heterocycles. The molecule has 2 atom stereocenters. The Balaban J connectivity index is 1.52. The molecule has 4 heteroatoms. The van der Waals surface area contributed by atoms with Gasteiger partial charge in [0.15, 0.2) is 0 Å². The maximum Gasteiger partial charge on any atom is 0.239 e. The highest BCUT2D eigenvalue weighted by molar-refractivity contribution is 5.85. The summed E-state index contributed by atoms with van der Waals surface area (Å²) in [6.07, 6.45) is 8.94. The third kappa shape index (κ3) is 3.41. The van der Waals surface area contributed by atoms with Crippen molar-refractivity contribution in [3.05, 3.63) is 0 Å². The summed E-state index contributed by atoms with van der Waals surface area (Å²) in [4.78, 5) is 24.0. The van der Waals surface area contributed by atoms with Gasteiger partial charge in [0.1, 0.15) is 0 Å². The largest absolute Gasteiger partial charge is 0.352 e. The Labute approximate surface area is 140 Å². The van der Waals surface area contributed by atoms with Crippen molar-refractivity contribution < 1.29 is 9.59 Å². The zero-order valence-corrected chi connectivity index (χ0v) is 14.9. The minimum absolute atomic E-state index is 0.0230. The van der Waals surface area contributed by atoms with Crippen LogP contribution in [0, 0.1) is 29.1 Å². The summed E-state index contributed by atoms with van der Waals surface area (Å²) in [5, 5.41) is 5.96. The molecule has 130 valence electrons. The topological polar surface area (TPSA) is 58.2 Å². The smallest absolute Gasteiger partial charge is 0.239 e. The molecule has 0 saturated heterocycles. The first-order valence-corrected chi connectivity index (χ1v) is 9.49. The summed E-state index contributed by atoms with van der Waals surface area (Å²) in [5.41, 5.74) is 0.325. The van der Waals surface area contributed by atoms with Gasteiger partial charge in [-0.25, -0.2) is 0 Å². The van der Waals surface area contributed by atoms with Crippen LogP contribution in [0.1, 0.15) is 65.7 Å². The lowest BCUT2D eigenvalue weighted by Gasteiger charge is -2.59. The van der Waals surface area contributed by atoms with Crippen molar-refractivity contribution in [1.82, 2.24) is 10.6 Å². The predicted octanol–water partition coefficient (Wildman–Crippen LogP) is 2.87. The van der Waals surface area contributed by atoms with E-state index in [9.17, 15) is 9.59 Å². The second-order valence-corrected chi connectivity index (χ2v) is 8.60. The molecule has 4 nitrogen and oxygen atoms in total. The van der Waals surface area contributed by atoms with E-state index in [4.69, 9.17) is 0 Å². The minimum atomic E-state index is -0.0371. The molecule has 2 unspecified atom stereocenters. The Hall–Kier alpha value is -1.06. The second kappa shape index (κ2) is 6.45. The normalized spacial score (nSPS) is 37.3. The maximum absolute atomic E-state index is 12.2. The molecule has 2 N–H and O–H groups in total. The molecular weight excluding hydrogens is 288 g/mol. The zero-order valence-electron chi connectivity index (χ0n) is 14.9. The maximum atomic E-state index is 12.2. The van der Waals surface area contributed by atoms with Crippen LogP contribution in [0.25, 0.3) is 0 Å². The number of carbonyl (C=O) groups is 2. The van der Waals surface area contributed by atoms with Gasteiger partial charge in [-0.1, -0.05) is 13.8 Å². The summed E-state index contributed by atoms with van der Waals surface area (Å²) >= 11 is 0. The molecule has 0 radical (unpaired) electrons. The van der Waals surface area contributed by atoms with E-state index < -0.39 is 0 Å².